The number of aliphatic hydroxyl groups excluding tert-OH is 1. The van der Waals surface area contributed by atoms with Crippen LogP contribution in [0.4, 0.5) is 5.69 Å². The lowest BCUT2D eigenvalue weighted by molar-refractivity contribution is -0.115. The van der Waals surface area contributed by atoms with Crippen molar-refractivity contribution in [2.75, 3.05) is 25.0 Å². The lowest BCUT2D eigenvalue weighted by Gasteiger charge is -2.09. The van der Waals surface area contributed by atoms with Crippen molar-refractivity contribution in [2.45, 2.75) is 18.9 Å². The summed E-state index contributed by atoms with van der Waals surface area (Å²) in [6, 6.07) is 6.03. The van der Waals surface area contributed by atoms with Gasteiger partial charge in [-0.1, -0.05) is 12.1 Å². The third-order valence-electron chi connectivity index (χ3n) is 3.04. The van der Waals surface area contributed by atoms with Gasteiger partial charge in [0.25, 0.3) is 0 Å². The number of nitrogens with two attached hydrogens (primary N) is 1. The molecule has 5 heteroatoms. The minimum absolute atomic E-state index is 0.0614. The van der Waals surface area contributed by atoms with Crippen LogP contribution in [0.5, 0.6) is 0 Å². The Labute approximate surface area is 106 Å². The van der Waals surface area contributed by atoms with E-state index in [0.29, 0.717) is 13.0 Å². The van der Waals surface area contributed by atoms with Gasteiger partial charge in [0.2, 0.25) is 5.91 Å². The van der Waals surface area contributed by atoms with Crippen LogP contribution in [0.25, 0.3) is 0 Å². The van der Waals surface area contributed by atoms with E-state index >= 15 is 0 Å². The van der Waals surface area contributed by atoms with Crippen molar-refractivity contribution in [1.29, 1.82) is 0 Å². The summed E-state index contributed by atoms with van der Waals surface area (Å²) in [5.74, 6) is 0.0614. The van der Waals surface area contributed by atoms with Gasteiger partial charge in [0, 0.05) is 18.8 Å². The molecule has 5 nitrogen and oxygen atoms in total. The number of amides is 1. The SMILES string of the molecule is NCC(O)CNCCc1ccc2c(c1)CC(=O)N2. The molecule has 1 amide bonds. The van der Waals surface area contributed by atoms with Crippen LogP contribution >= 0.6 is 0 Å². The lowest BCUT2D eigenvalue weighted by Crippen LogP contribution is -2.33. The number of hydrogen-bond acceptors (Lipinski definition) is 4. The van der Waals surface area contributed by atoms with Crippen molar-refractivity contribution in [3.05, 3.63) is 29.3 Å². The molecule has 1 aliphatic rings. The molecule has 1 heterocycles. The Morgan fingerprint density at radius 2 is 2.33 bits per heavy atom. The summed E-state index contributed by atoms with van der Waals surface area (Å²) in [7, 11) is 0. The summed E-state index contributed by atoms with van der Waals surface area (Å²) >= 11 is 0. The van der Waals surface area contributed by atoms with Gasteiger partial charge in [-0.05, 0) is 30.2 Å². The molecule has 0 radical (unpaired) electrons. The first kappa shape index (κ1) is 13.0. The predicted octanol–water partition coefficient (Wildman–Crippen LogP) is -0.367. The van der Waals surface area contributed by atoms with Gasteiger partial charge in [-0.3, -0.25) is 4.79 Å². The number of fused-ring (bicyclic) bond motifs is 1. The molecule has 0 saturated carbocycles. The highest BCUT2D eigenvalue weighted by Gasteiger charge is 2.17. The molecule has 2 rings (SSSR count). The van der Waals surface area contributed by atoms with Gasteiger partial charge in [0.15, 0.2) is 0 Å². The molecule has 0 saturated heterocycles. The average molecular weight is 249 g/mol. The quantitative estimate of drug-likeness (QED) is 0.518. The highest BCUT2D eigenvalue weighted by atomic mass is 16.3. The highest BCUT2D eigenvalue weighted by molar-refractivity contribution is 5.99. The smallest absolute Gasteiger partial charge is 0.228 e. The fraction of sp³-hybridized carbons (Fsp3) is 0.462. The van der Waals surface area contributed by atoms with Crippen molar-refractivity contribution < 1.29 is 9.90 Å². The largest absolute Gasteiger partial charge is 0.390 e. The maximum Gasteiger partial charge on any atom is 0.228 e. The Balaban J connectivity index is 1.81. The van der Waals surface area contributed by atoms with Crippen LogP contribution < -0.4 is 16.4 Å². The molecular formula is C13H19N3O2. The Kier molecular flexibility index (Phi) is 4.30. The molecule has 0 fully saturated rings. The maximum atomic E-state index is 11.2. The number of hydrogen-bond donors (Lipinski definition) is 4. The Morgan fingerprint density at radius 3 is 3.11 bits per heavy atom. The molecule has 0 aliphatic carbocycles. The van der Waals surface area contributed by atoms with Gasteiger partial charge in [0.05, 0.1) is 12.5 Å². The fourth-order valence-electron chi connectivity index (χ4n) is 2.02. The Bertz CT molecular complexity index is 434. The molecule has 18 heavy (non-hydrogen) atoms. The van der Waals surface area contributed by atoms with E-state index in [0.717, 1.165) is 24.2 Å². The molecule has 98 valence electrons. The summed E-state index contributed by atoms with van der Waals surface area (Å²) in [5, 5.41) is 15.2. The van der Waals surface area contributed by atoms with Gasteiger partial charge in [-0.15, -0.1) is 0 Å². The van der Waals surface area contributed by atoms with Crippen LogP contribution in [0, 0.1) is 0 Å². The number of carbonyl (C=O) groups is 1. The summed E-state index contributed by atoms with van der Waals surface area (Å²) < 4.78 is 0. The van der Waals surface area contributed by atoms with E-state index in [1.165, 1.54) is 5.56 Å². The first-order chi connectivity index (χ1) is 8.69. The van der Waals surface area contributed by atoms with Gasteiger partial charge in [-0.2, -0.15) is 0 Å². The zero-order chi connectivity index (χ0) is 13.0. The van der Waals surface area contributed by atoms with Crippen LogP contribution in [0.3, 0.4) is 0 Å². The van der Waals surface area contributed by atoms with E-state index in [2.05, 4.69) is 16.7 Å². The highest BCUT2D eigenvalue weighted by Crippen LogP contribution is 2.23. The summed E-state index contributed by atoms with van der Waals surface area (Å²) in [4.78, 5) is 11.2. The third kappa shape index (κ3) is 3.29. The molecule has 1 aromatic rings. The second kappa shape index (κ2) is 5.95. The van der Waals surface area contributed by atoms with Crippen LogP contribution in [0.1, 0.15) is 11.1 Å². The number of carbonyl (C=O) groups excluding carboxylic acids is 1. The molecule has 1 aliphatic heterocycles. The lowest BCUT2D eigenvalue weighted by atomic mass is 10.1. The molecule has 1 unspecified atom stereocenters. The second-order valence-corrected chi connectivity index (χ2v) is 4.56. The Morgan fingerprint density at radius 1 is 1.50 bits per heavy atom. The number of benzene rings is 1. The minimum atomic E-state index is -0.480. The predicted molar refractivity (Wildman–Crippen MR) is 70.4 cm³/mol. The first-order valence-corrected chi connectivity index (χ1v) is 6.19. The van der Waals surface area contributed by atoms with E-state index in [1.54, 1.807) is 0 Å². The van der Waals surface area contributed by atoms with Gasteiger partial charge < -0.3 is 21.5 Å². The standard InChI is InChI=1S/C13H19N3O2/c14-7-11(17)8-15-4-3-9-1-2-12-10(5-9)6-13(18)16-12/h1-2,5,11,15,17H,3-4,6-8,14H2,(H,16,18). The zero-order valence-electron chi connectivity index (χ0n) is 10.3. The van der Waals surface area contributed by atoms with E-state index in [-0.39, 0.29) is 12.5 Å². The van der Waals surface area contributed by atoms with Crippen molar-refractivity contribution in [3.63, 3.8) is 0 Å². The number of anilines is 1. The normalized spacial score (nSPS) is 15.3. The summed E-state index contributed by atoms with van der Waals surface area (Å²) in [6.07, 6.45) is 0.869. The summed E-state index contributed by atoms with van der Waals surface area (Å²) in [6.45, 7) is 1.58. The first-order valence-electron chi connectivity index (χ1n) is 6.19. The topological polar surface area (TPSA) is 87.4 Å². The maximum absolute atomic E-state index is 11.2. The summed E-state index contributed by atoms with van der Waals surface area (Å²) in [5.41, 5.74) is 8.50. The monoisotopic (exact) mass is 249 g/mol. The van der Waals surface area contributed by atoms with E-state index in [4.69, 9.17) is 5.73 Å². The van der Waals surface area contributed by atoms with E-state index < -0.39 is 6.10 Å². The minimum Gasteiger partial charge on any atom is -0.390 e. The Hall–Kier alpha value is -1.43. The molecule has 0 aromatic heterocycles. The molecule has 0 spiro atoms. The van der Waals surface area contributed by atoms with E-state index in [9.17, 15) is 9.90 Å². The van der Waals surface area contributed by atoms with Crippen LogP contribution in [-0.4, -0.2) is 36.8 Å². The number of nitrogens with one attached hydrogen (secondary N) is 2. The van der Waals surface area contributed by atoms with Gasteiger partial charge in [0.1, 0.15) is 0 Å². The number of rotatable bonds is 6. The molecule has 1 aromatic carbocycles. The molecular weight excluding hydrogens is 230 g/mol. The van der Waals surface area contributed by atoms with Crippen molar-refractivity contribution >= 4 is 11.6 Å². The fourth-order valence-corrected chi connectivity index (χ4v) is 2.02. The van der Waals surface area contributed by atoms with Crippen molar-refractivity contribution in [1.82, 2.24) is 5.32 Å². The van der Waals surface area contributed by atoms with Crippen LogP contribution in [0.15, 0.2) is 18.2 Å². The average Bonchev–Trinajstić information content (AvgIpc) is 2.73. The number of aliphatic hydroxyl groups is 1. The molecule has 0 bridgehead atoms. The van der Waals surface area contributed by atoms with Crippen LogP contribution in [-0.2, 0) is 17.6 Å². The molecule has 1 atom stereocenters. The molecule has 5 N–H and O–H groups in total. The van der Waals surface area contributed by atoms with Crippen molar-refractivity contribution in [2.24, 2.45) is 5.73 Å². The third-order valence-corrected chi connectivity index (χ3v) is 3.04. The van der Waals surface area contributed by atoms with Gasteiger partial charge in [-0.25, -0.2) is 0 Å². The zero-order valence-corrected chi connectivity index (χ0v) is 10.3. The van der Waals surface area contributed by atoms with Crippen LogP contribution in [0.2, 0.25) is 0 Å². The van der Waals surface area contributed by atoms with Gasteiger partial charge >= 0.3 is 0 Å². The van der Waals surface area contributed by atoms with Crippen molar-refractivity contribution in [3.8, 4) is 0 Å². The van der Waals surface area contributed by atoms with E-state index in [1.807, 2.05) is 12.1 Å². The second-order valence-electron chi connectivity index (χ2n) is 4.56.